The summed E-state index contributed by atoms with van der Waals surface area (Å²) in [6.45, 7) is 4.92. The number of aromatic hydroxyl groups is 1. The molecule has 0 fully saturated rings. The van der Waals surface area contributed by atoms with E-state index in [-0.39, 0.29) is 24.1 Å². The van der Waals surface area contributed by atoms with E-state index >= 15 is 0 Å². The Bertz CT molecular complexity index is 1170. The van der Waals surface area contributed by atoms with E-state index in [0.29, 0.717) is 32.7 Å². The number of nitrogens with one attached hydrogen (secondary N) is 1. The third kappa shape index (κ3) is 4.41. The van der Waals surface area contributed by atoms with Crippen LogP contribution in [0.5, 0.6) is 5.75 Å². The Labute approximate surface area is 184 Å². The first-order chi connectivity index (χ1) is 14.6. The van der Waals surface area contributed by atoms with E-state index in [1.165, 1.54) is 23.6 Å². The van der Waals surface area contributed by atoms with Gasteiger partial charge in [0.05, 0.1) is 17.4 Å². The lowest BCUT2D eigenvalue weighted by Gasteiger charge is -2.15. The van der Waals surface area contributed by atoms with Crippen molar-refractivity contribution in [1.82, 2.24) is 9.88 Å². The molecule has 0 saturated carbocycles. The summed E-state index contributed by atoms with van der Waals surface area (Å²) in [5.41, 5.74) is 2.14. The molecule has 1 unspecified atom stereocenters. The molecule has 0 aliphatic carbocycles. The number of aromatic nitrogens is 1. The molecule has 3 rings (SSSR count). The van der Waals surface area contributed by atoms with Gasteiger partial charge in [0.1, 0.15) is 5.75 Å². The van der Waals surface area contributed by atoms with Crippen LogP contribution in [0, 0.1) is 12.8 Å². The summed E-state index contributed by atoms with van der Waals surface area (Å²) in [4.78, 5) is 37.1. The van der Waals surface area contributed by atoms with Crippen molar-refractivity contribution in [3.63, 3.8) is 0 Å². The van der Waals surface area contributed by atoms with Crippen LogP contribution >= 0.6 is 11.6 Å². The van der Waals surface area contributed by atoms with Crippen molar-refractivity contribution in [1.29, 1.82) is 0 Å². The molecule has 0 saturated heterocycles. The number of carbonyl (C=O) groups is 3. The highest BCUT2D eigenvalue weighted by atomic mass is 35.5. The van der Waals surface area contributed by atoms with Crippen LogP contribution in [0.25, 0.3) is 10.9 Å². The first kappa shape index (κ1) is 22.4. The normalized spacial score (nSPS) is 13.0. The largest absolute Gasteiger partial charge is 0.508 e. The fraction of sp³-hybridized carbons (Fsp3) is 0.261. The van der Waals surface area contributed by atoms with Crippen molar-refractivity contribution in [2.24, 2.45) is 5.92 Å². The number of rotatable bonds is 6. The van der Waals surface area contributed by atoms with Crippen LogP contribution in [0.15, 0.2) is 42.5 Å². The summed E-state index contributed by atoms with van der Waals surface area (Å²) in [6, 6.07) is 11.1. The van der Waals surface area contributed by atoms with Crippen molar-refractivity contribution >= 4 is 40.3 Å². The predicted octanol–water partition coefficient (Wildman–Crippen LogP) is 3.94. The number of benzene rings is 2. The first-order valence-corrected chi connectivity index (χ1v) is 10.1. The van der Waals surface area contributed by atoms with Crippen molar-refractivity contribution in [2.45, 2.75) is 26.7 Å². The summed E-state index contributed by atoms with van der Waals surface area (Å²) < 4.78 is 1.51. The Morgan fingerprint density at radius 1 is 1.10 bits per heavy atom. The van der Waals surface area contributed by atoms with Crippen LogP contribution in [-0.2, 0) is 9.59 Å². The van der Waals surface area contributed by atoms with Crippen molar-refractivity contribution in [3.05, 3.63) is 64.3 Å². The summed E-state index contributed by atoms with van der Waals surface area (Å²) in [7, 11) is 0. The van der Waals surface area contributed by atoms with Gasteiger partial charge in [-0.15, -0.1) is 0 Å². The maximum atomic E-state index is 13.3. The Morgan fingerprint density at radius 2 is 1.74 bits per heavy atom. The number of phenolic OH excluding ortho intramolecular Hbond substituents is 1. The highest BCUT2D eigenvalue weighted by Crippen LogP contribution is 2.34. The van der Waals surface area contributed by atoms with Gasteiger partial charge in [-0.1, -0.05) is 18.5 Å². The quantitative estimate of drug-likeness (QED) is 0.535. The molecule has 1 amide bonds. The topological polar surface area (TPSA) is 109 Å². The molecule has 0 bridgehead atoms. The number of fused-ring (bicyclic) bond motifs is 1. The minimum Gasteiger partial charge on any atom is -0.508 e. The highest BCUT2D eigenvalue weighted by molar-refractivity contribution is 6.30. The molecule has 8 heteroatoms. The third-order valence-corrected chi connectivity index (χ3v) is 5.61. The van der Waals surface area contributed by atoms with Crippen LogP contribution in [0.4, 0.5) is 0 Å². The van der Waals surface area contributed by atoms with Gasteiger partial charge in [0.15, 0.2) is 0 Å². The lowest BCUT2D eigenvalue weighted by molar-refractivity contribution is -0.141. The maximum Gasteiger partial charge on any atom is 0.308 e. The standard InChI is InChI=1S/C23H23ClN2O5/c1-12(23(30)31)11-25-21(28)13(2)20-14(3)26(19-9-8-17(27)10-18(19)20)22(29)15-4-6-16(24)7-5-15/h4-10,12-13,27H,11H2,1-3H3,(H,25,28)(H,30,31)/t12?,13-/m0/s1. The van der Waals surface area contributed by atoms with Crippen LogP contribution in [0.1, 0.15) is 41.4 Å². The minimum atomic E-state index is -1.00. The van der Waals surface area contributed by atoms with E-state index < -0.39 is 17.8 Å². The van der Waals surface area contributed by atoms with E-state index in [9.17, 15) is 19.5 Å². The number of carboxylic acids is 1. The fourth-order valence-electron chi connectivity index (χ4n) is 3.59. The molecule has 1 aromatic heterocycles. The average Bonchev–Trinajstić information content (AvgIpc) is 3.01. The van der Waals surface area contributed by atoms with Gasteiger partial charge in [-0.3, -0.25) is 19.0 Å². The highest BCUT2D eigenvalue weighted by Gasteiger charge is 2.27. The van der Waals surface area contributed by atoms with Crippen molar-refractivity contribution < 1.29 is 24.6 Å². The molecule has 3 N–H and O–H groups in total. The molecule has 2 atom stereocenters. The molecular weight excluding hydrogens is 420 g/mol. The smallest absolute Gasteiger partial charge is 0.308 e. The molecule has 3 aromatic rings. The zero-order valence-corrected chi connectivity index (χ0v) is 18.1. The molecule has 0 radical (unpaired) electrons. The number of aliphatic carboxylic acids is 1. The Kier molecular flexibility index (Phi) is 6.36. The van der Waals surface area contributed by atoms with Crippen LogP contribution < -0.4 is 5.32 Å². The maximum absolute atomic E-state index is 13.3. The number of nitrogens with zero attached hydrogens (tertiary/aromatic N) is 1. The monoisotopic (exact) mass is 442 g/mol. The Morgan fingerprint density at radius 3 is 2.35 bits per heavy atom. The van der Waals surface area contributed by atoms with Gasteiger partial charge in [0, 0.05) is 28.2 Å². The van der Waals surface area contributed by atoms with E-state index in [1.807, 2.05) is 0 Å². The van der Waals surface area contributed by atoms with Gasteiger partial charge in [-0.2, -0.15) is 0 Å². The molecular formula is C23H23ClN2O5. The van der Waals surface area contributed by atoms with Crippen LogP contribution in [0.2, 0.25) is 5.02 Å². The van der Waals surface area contributed by atoms with E-state index in [0.717, 1.165) is 0 Å². The summed E-state index contributed by atoms with van der Waals surface area (Å²) >= 11 is 5.93. The van der Waals surface area contributed by atoms with Crippen LogP contribution in [0.3, 0.4) is 0 Å². The lowest BCUT2D eigenvalue weighted by atomic mass is 9.96. The molecule has 0 spiro atoms. The minimum absolute atomic E-state index is 0.00878. The number of halogens is 1. The number of hydrogen-bond donors (Lipinski definition) is 3. The van der Waals surface area contributed by atoms with E-state index in [1.54, 1.807) is 44.2 Å². The van der Waals surface area contributed by atoms with Crippen LogP contribution in [-0.4, -0.2) is 39.1 Å². The number of carbonyl (C=O) groups excluding carboxylic acids is 2. The van der Waals surface area contributed by atoms with E-state index in [2.05, 4.69) is 5.32 Å². The number of hydrogen-bond acceptors (Lipinski definition) is 4. The van der Waals surface area contributed by atoms with Gasteiger partial charge < -0.3 is 15.5 Å². The van der Waals surface area contributed by atoms with Crippen molar-refractivity contribution in [2.75, 3.05) is 6.54 Å². The molecule has 7 nitrogen and oxygen atoms in total. The molecule has 0 aliphatic rings. The molecule has 31 heavy (non-hydrogen) atoms. The van der Waals surface area contributed by atoms with Gasteiger partial charge >= 0.3 is 5.97 Å². The summed E-state index contributed by atoms with van der Waals surface area (Å²) in [6.07, 6.45) is 0. The summed E-state index contributed by atoms with van der Waals surface area (Å²) in [5.74, 6) is -3.05. The van der Waals surface area contributed by atoms with Gasteiger partial charge in [0.25, 0.3) is 5.91 Å². The molecule has 1 heterocycles. The Balaban J connectivity index is 2.06. The predicted molar refractivity (Wildman–Crippen MR) is 118 cm³/mol. The fourth-order valence-corrected chi connectivity index (χ4v) is 3.71. The average molecular weight is 443 g/mol. The lowest BCUT2D eigenvalue weighted by Crippen LogP contribution is -2.34. The number of phenols is 1. The second-order valence-corrected chi connectivity index (χ2v) is 7.99. The third-order valence-electron chi connectivity index (χ3n) is 5.36. The molecule has 0 aliphatic heterocycles. The zero-order chi connectivity index (χ0) is 22.9. The second kappa shape index (κ2) is 8.81. The SMILES string of the molecule is Cc1c([C@H](C)C(=O)NCC(C)C(=O)O)c2cc(O)ccc2n1C(=O)c1ccc(Cl)cc1. The molecule has 2 aromatic carbocycles. The van der Waals surface area contributed by atoms with Gasteiger partial charge in [0.2, 0.25) is 5.91 Å². The number of carboxylic acid groups (broad SMARTS) is 1. The Hall–Kier alpha value is -3.32. The summed E-state index contributed by atoms with van der Waals surface area (Å²) in [5, 5.41) is 22.8. The second-order valence-electron chi connectivity index (χ2n) is 7.55. The number of amides is 1. The zero-order valence-electron chi connectivity index (χ0n) is 17.3. The van der Waals surface area contributed by atoms with Gasteiger partial charge in [-0.25, -0.2) is 0 Å². The van der Waals surface area contributed by atoms with Gasteiger partial charge in [-0.05, 0) is 61.9 Å². The first-order valence-electron chi connectivity index (χ1n) is 9.76. The van der Waals surface area contributed by atoms with E-state index in [4.69, 9.17) is 16.7 Å². The molecule has 162 valence electrons. The van der Waals surface area contributed by atoms with Crippen molar-refractivity contribution in [3.8, 4) is 5.75 Å².